The molecule has 2 aromatic carbocycles. The number of nitrogens with zero attached hydrogens (tertiary/aromatic N) is 3. The highest BCUT2D eigenvalue weighted by atomic mass is 16.5. The number of hydrogen-bond donors (Lipinski definition) is 1. The average Bonchev–Trinajstić information content (AvgIpc) is 3.31. The fourth-order valence-electron chi connectivity index (χ4n) is 5.70. The van der Waals surface area contributed by atoms with Crippen molar-refractivity contribution in [1.82, 2.24) is 9.80 Å². The van der Waals surface area contributed by atoms with E-state index in [-0.39, 0.29) is 17.9 Å². The van der Waals surface area contributed by atoms with Crippen molar-refractivity contribution >= 4 is 29.0 Å². The first-order valence-corrected chi connectivity index (χ1v) is 13.2. The van der Waals surface area contributed by atoms with Crippen molar-refractivity contribution in [2.75, 3.05) is 57.4 Å². The number of morpholine rings is 1. The van der Waals surface area contributed by atoms with Gasteiger partial charge < -0.3 is 24.4 Å². The highest BCUT2D eigenvalue weighted by molar-refractivity contribution is 6.50. The van der Waals surface area contributed by atoms with Gasteiger partial charge >= 0.3 is 0 Å². The van der Waals surface area contributed by atoms with Gasteiger partial charge in [0.05, 0.1) is 31.1 Å². The molecule has 1 atom stereocenters. The largest absolute Gasteiger partial charge is 0.507 e. The molecule has 2 saturated heterocycles. The van der Waals surface area contributed by atoms with Gasteiger partial charge in [-0.05, 0) is 43.7 Å². The summed E-state index contributed by atoms with van der Waals surface area (Å²) in [5.74, 6) is -1.80. The lowest BCUT2D eigenvalue weighted by molar-refractivity contribution is -0.144. The van der Waals surface area contributed by atoms with Crippen LogP contribution in [0.25, 0.3) is 5.76 Å². The number of para-hydroxylation sites is 1. The van der Waals surface area contributed by atoms with E-state index in [1.807, 2.05) is 26.0 Å². The number of carbonyl (C=O) groups excluding carboxylic acids is 3. The molecule has 1 spiro atoms. The van der Waals surface area contributed by atoms with Gasteiger partial charge in [-0.3, -0.25) is 19.3 Å². The van der Waals surface area contributed by atoms with Gasteiger partial charge in [0.2, 0.25) is 0 Å². The molecule has 2 aromatic rings. The Hall–Kier alpha value is -3.69. The first-order valence-electron chi connectivity index (χ1n) is 13.2. The molecule has 2 amide bonds. The molecule has 3 aliphatic heterocycles. The molecular formula is C29H33N3O6. The van der Waals surface area contributed by atoms with Crippen LogP contribution in [0.3, 0.4) is 0 Å². The van der Waals surface area contributed by atoms with Crippen molar-refractivity contribution in [3.8, 4) is 5.75 Å². The van der Waals surface area contributed by atoms with Crippen LogP contribution in [0.1, 0.15) is 31.4 Å². The second kappa shape index (κ2) is 10.6. The fourth-order valence-corrected chi connectivity index (χ4v) is 5.70. The maximum atomic E-state index is 14.4. The zero-order valence-corrected chi connectivity index (χ0v) is 21.8. The van der Waals surface area contributed by atoms with Gasteiger partial charge in [0.25, 0.3) is 17.6 Å². The predicted molar refractivity (Wildman–Crippen MR) is 142 cm³/mol. The zero-order valence-electron chi connectivity index (χ0n) is 21.8. The summed E-state index contributed by atoms with van der Waals surface area (Å²) in [6, 6.07) is 13.9. The van der Waals surface area contributed by atoms with Gasteiger partial charge in [-0.25, -0.2) is 0 Å². The number of ether oxygens (including phenoxy) is 2. The molecule has 0 saturated carbocycles. The lowest BCUT2D eigenvalue weighted by Crippen LogP contribution is -2.54. The molecule has 0 aromatic heterocycles. The standard InChI is InChI=1S/C29H33N3O6/c1-3-13-31-23-8-6-5-7-22(23)29(28(31)36)24(25(33)20-9-11-21(12-10-20)38-4-2)26(34)27(35)32(29)15-14-30-16-18-37-19-17-30/h5-12,33H,3-4,13-19H2,1-2H3/t29-/m0/s1. The topological polar surface area (TPSA) is 99.6 Å². The smallest absolute Gasteiger partial charge is 0.296 e. The third kappa shape index (κ3) is 4.06. The van der Waals surface area contributed by atoms with E-state index in [0.29, 0.717) is 75.0 Å². The Morgan fingerprint density at radius 3 is 2.37 bits per heavy atom. The van der Waals surface area contributed by atoms with E-state index in [2.05, 4.69) is 4.90 Å². The Morgan fingerprint density at radius 2 is 1.68 bits per heavy atom. The van der Waals surface area contributed by atoms with Gasteiger partial charge in [-0.2, -0.15) is 0 Å². The summed E-state index contributed by atoms with van der Waals surface area (Å²) in [5, 5.41) is 11.6. The van der Waals surface area contributed by atoms with E-state index in [1.54, 1.807) is 41.3 Å². The van der Waals surface area contributed by atoms with E-state index in [0.717, 1.165) is 0 Å². The highest BCUT2D eigenvalue weighted by Gasteiger charge is 2.66. The number of benzene rings is 2. The lowest BCUT2D eigenvalue weighted by Gasteiger charge is -2.36. The maximum Gasteiger partial charge on any atom is 0.296 e. The van der Waals surface area contributed by atoms with Crippen molar-refractivity contribution < 1.29 is 29.0 Å². The second-order valence-corrected chi connectivity index (χ2v) is 9.61. The van der Waals surface area contributed by atoms with Crippen molar-refractivity contribution in [2.45, 2.75) is 25.8 Å². The van der Waals surface area contributed by atoms with Crippen LogP contribution in [-0.4, -0.2) is 85.0 Å². The van der Waals surface area contributed by atoms with Crippen molar-refractivity contribution in [3.63, 3.8) is 0 Å². The highest BCUT2D eigenvalue weighted by Crippen LogP contribution is 2.53. The minimum absolute atomic E-state index is 0.157. The van der Waals surface area contributed by atoms with Gasteiger partial charge in [-0.1, -0.05) is 25.1 Å². The molecular weight excluding hydrogens is 486 g/mol. The number of rotatable bonds is 8. The van der Waals surface area contributed by atoms with E-state index < -0.39 is 23.1 Å². The third-order valence-corrected chi connectivity index (χ3v) is 7.44. The third-order valence-electron chi connectivity index (χ3n) is 7.44. The summed E-state index contributed by atoms with van der Waals surface area (Å²) >= 11 is 0. The Morgan fingerprint density at radius 1 is 0.974 bits per heavy atom. The number of amides is 2. The van der Waals surface area contributed by atoms with Crippen LogP contribution in [0.5, 0.6) is 5.75 Å². The van der Waals surface area contributed by atoms with E-state index >= 15 is 0 Å². The molecule has 5 rings (SSSR count). The zero-order chi connectivity index (χ0) is 26.9. The number of carbonyl (C=O) groups is 3. The quantitative estimate of drug-likeness (QED) is 0.325. The summed E-state index contributed by atoms with van der Waals surface area (Å²) in [7, 11) is 0. The molecule has 200 valence electrons. The van der Waals surface area contributed by atoms with Crippen LogP contribution in [0.15, 0.2) is 54.1 Å². The average molecular weight is 520 g/mol. The summed E-state index contributed by atoms with van der Waals surface area (Å²) in [6.07, 6.45) is 0.690. The maximum absolute atomic E-state index is 14.4. The number of anilines is 1. The van der Waals surface area contributed by atoms with E-state index in [4.69, 9.17) is 9.47 Å². The molecule has 3 heterocycles. The Bertz CT molecular complexity index is 1270. The number of ketones is 1. The number of Topliss-reactive ketones (excluding diaryl/α,β-unsaturated/α-hetero) is 1. The number of aliphatic hydroxyl groups is 1. The van der Waals surface area contributed by atoms with E-state index in [1.165, 1.54) is 4.90 Å². The molecule has 0 aliphatic carbocycles. The molecule has 3 aliphatic rings. The first kappa shape index (κ1) is 25.9. The molecule has 0 unspecified atom stereocenters. The van der Waals surface area contributed by atoms with Crippen molar-refractivity contribution in [3.05, 3.63) is 65.2 Å². The molecule has 1 N–H and O–H groups in total. The van der Waals surface area contributed by atoms with Crippen molar-refractivity contribution in [2.24, 2.45) is 0 Å². The van der Waals surface area contributed by atoms with Gasteiger partial charge in [0, 0.05) is 43.9 Å². The Kier molecular flexibility index (Phi) is 7.23. The minimum Gasteiger partial charge on any atom is -0.507 e. The summed E-state index contributed by atoms with van der Waals surface area (Å²) in [5.41, 5.74) is -0.417. The van der Waals surface area contributed by atoms with Crippen LogP contribution in [-0.2, 0) is 24.7 Å². The molecule has 9 heteroatoms. The van der Waals surface area contributed by atoms with Crippen LogP contribution in [0.4, 0.5) is 5.69 Å². The van der Waals surface area contributed by atoms with Gasteiger partial charge in [-0.15, -0.1) is 0 Å². The molecule has 0 bridgehead atoms. The van der Waals surface area contributed by atoms with Crippen LogP contribution in [0.2, 0.25) is 0 Å². The lowest BCUT2D eigenvalue weighted by atomic mass is 9.82. The summed E-state index contributed by atoms with van der Waals surface area (Å²) in [6.45, 7) is 7.97. The first-order chi connectivity index (χ1) is 18.4. The molecule has 0 radical (unpaired) electrons. The predicted octanol–water partition coefficient (Wildman–Crippen LogP) is 2.75. The van der Waals surface area contributed by atoms with Crippen LogP contribution < -0.4 is 9.64 Å². The Labute approximate surface area is 222 Å². The SMILES string of the molecule is CCCN1C(=O)[C@@]2(C(=C(O)c3ccc(OCC)cc3)C(=O)C(=O)N2CCN2CCOCC2)c2ccccc21. The van der Waals surface area contributed by atoms with E-state index in [9.17, 15) is 19.5 Å². The second-order valence-electron chi connectivity index (χ2n) is 9.61. The minimum atomic E-state index is -1.74. The number of aliphatic hydroxyl groups excluding tert-OH is 1. The summed E-state index contributed by atoms with van der Waals surface area (Å²) < 4.78 is 10.9. The Balaban J connectivity index is 1.68. The summed E-state index contributed by atoms with van der Waals surface area (Å²) in [4.78, 5) is 46.9. The number of likely N-dealkylation sites (tertiary alicyclic amines) is 1. The van der Waals surface area contributed by atoms with Crippen molar-refractivity contribution in [1.29, 1.82) is 0 Å². The molecule has 38 heavy (non-hydrogen) atoms. The number of hydrogen-bond acceptors (Lipinski definition) is 7. The fraction of sp³-hybridized carbons (Fsp3) is 0.414. The molecule has 9 nitrogen and oxygen atoms in total. The normalized spacial score (nSPS) is 22.9. The van der Waals surface area contributed by atoms with Gasteiger partial charge in [0.1, 0.15) is 11.5 Å². The van der Waals surface area contributed by atoms with Crippen LogP contribution >= 0.6 is 0 Å². The molecule has 2 fully saturated rings. The van der Waals surface area contributed by atoms with Gasteiger partial charge in [0.15, 0.2) is 5.54 Å². The number of fused-ring (bicyclic) bond motifs is 2. The monoisotopic (exact) mass is 519 g/mol. The van der Waals surface area contributed by atoms with Crippen LogP contribution in [0, 0.1) is 0 Å².